The van der Waals surface area contributed by atoms with Crippen molar-refractivity contribution in [1.29, 1.82) is 0 Å². The van der Waals surface area contributed by atoms with Crippen molar-refractivity contribution in [3.8, 4) is 5.75 Å². The van der Waals surface area contributed by atoms with Gasteiger partial charge in [0.05, 0.1) is 19.2 Å². The Balaban J connectivity index is 2.04. The molecule has 0 unspecified atom stereocenters. The van der Waals surface area contributed by atoms with Crippen LogP contribution < -0.4 is 15.8 Å². The van der Waals surface area contributed by atoms with Gasteiger partial charge in [-0.1, -0.05) is 18.2 Å². The van der Waals surface area contributed by atoms with Gasteiger partial charge in [-0.15, -0.1) is 0 Å². The smallest absolute Gasteiger partial charge is 0.416 e. The zero-order valence-corrected chi connectivity index (χ0v) is 12.4. The molecular weight excluding hydrogens is 307 g/mol. The van der Waals surface area contributed by atoms with E-state index in [4.69, 9.17) is 10.5 Å². The van der Waals surface area contributed by atoms with E-state index in [0.717, 1.165) is 12.1 Å². The molecule has 0 aliphatic heterocycles. The quantitative estimate of drug-likeness (QED) is 0.667. The summed E-state index contributed by atoms with van der Waals surface area (Å²) in [7, 11) is 1.55. The second kappa shape index (κ2) is 7.04. The van der Waals surface area contributed by atoms with Crippen LogP contribution in [0.25, 0.3) is 0 Å². The molecule has 4 nitrogen and oxygen atoms in total. The molecule has 0 fully saturated rings. The third-order valence-electron chi connectivity index (χ3n) is 3.03. The van der Waals surface area contributed by atoms with E-state index in [2.05, 4.69) is 10.3 Å². The number of nitrogens with two attached hydrogens (primary N) is 1. The summed E-state index contributed by atoms with van der Waals surface area (Å²) in [6.45, 7) is 0.0483. The summed E-state index contributed by atoms with van der Waals surface area (Å²) in [5.74, 6) is 0.761. The average molecular weight is 323 g/mol. The van der Waals surface area contributed by atoms with E-state index in [1.807, 2.05) is 0 Å². The van der Waals surface area contributed by atoms with E-state index in [-0.39, 0.29) is 12.5 Å². The lowest BCUT2D eigenvalue weighted by molar-refractivity contribution is -0.137. The van der Waals surface area contributed by atoms with Crippen molar-refractivity contribution in [2.45, 2.75) is 12.7 Å². The molecule has 0 saturated carbocycles. The van der Waals surface area contributed by atoms with Crippen molar-refractivity contribution < 1.29 is 17.9 Å². The summed E-state index contributed by atoms with van der Waals surface area (Å²) in [6, 6.07) is 12.1. The van der Waals surface area contributed by atoms with Crippen LogP contribution in [0.5, 0.6) is 5.75 Å². The van der Waals surface area contributed by atoms with Crippen LogP contribution in [0.4, 0.5) is 18.9 Å². The van der Waals surface area contributed by atoms with Gasteiger partial charge in [0.2, 0.25) is 0 Å². The Labute approximate surface area is 131 Å². The van der Waals surface area contributed by atoms with Crippen LogP contribution in [0, 0.1) is 0 Å². The summed E-state index contributed by atoms with van der Waals surface area (Å²) in [5, 5.41) is 2.86. The highest BCUT2D eigenvalue weighted by molar-refractivity contribution is 5.92. The minimum Gasteiger partial charge on any atom is -0.497 e. The third kappa shape index (κ3) is 4.91. The van der Waals surface area contributed by atoms with Gasteiger partial charge in [-0.05, 0) is 29.8 Å². The van der Waals surface area contributed by atoms with Crippen molar-refractivity contribution in [3.63, 3.8) is 0 Å². The summed E-state index contributed by atoms with van der Waals surface area (Å²) in [5.41, 5.74) is 6.14. The Morgan fingerprint density at radius 2 is 1.91 bits per heavy atom. The molecule has 0 saturated heterocycles. The number of anilines is 1. The summed E-state index contributed by atoms with van der Waals surface area (Å²) < 4.78 is 43.0. The number of aliphatic imine (C=N–C) groups is 1. The summed E-state index contributed by atoms with van der Waals surface area (Å²) in [6.07, 6.45) is -4.37. The number of ether oxygens (including phenoxy) is 1. The highest BCUT2D eigenvalue weighted by Crippen LogP contribution is 2.29. The van der Waals surface area contributed by atoms with E-state index < -0.39 is 11.7 Å². The van der Waals surface area contributed by atoms with Gasteiger partial charge in [-0.3, -0.25) is 0 Å². The van der Waals surface area contributed by atoms with Crippen molar-refractivity contribution in [3.05, 3.63) is 59.7 Å². The minimum absolute atomic E-state index is 0.0483. The number of guanidine groups is 1. The molecule has 23 heavy (non-hydrogen) atoms. The number of hydrogen-bond donors (Lipinski definition) is 2. The molecule has 0 atom stereocenters. The first-order valence-electron chi connectivity index (χ1n) is 6.75. The SMILES string of the molecule is COc1cccc(NC(N)=NCc2cccc(C(F)(F)F)c2)c1. The van der Waals surface area contributed by atoms with Gasteiger partial charge in [0.25, 0.3) is 0 Å². The van der Waals surface area contributed by atoms with E-state index in [0.29, 0.717) is 17.0 Å². The van der Waals surface area contributed by atoms with Crippen molar-refractivity contribution in [2.24, 2.45) is 10.7 Å². The summed E-state index contributed by atoms with van der Waals surface area (Å²) >= 11 is 0. The van der Waals surface area contributed by atoms with Gasteiger partial charge in [0, 0.05) is 11.8 Å². The second-order valence-corrected chi connectivity index (χ2v) is 4.76. The maximum atomic E-state index is 12.6. The van der Waals surface area contributed by atoms with Crippen LogP contribution in [-0.2, 0) is 12.7 Å². The number of alkyl halides is 3. The first kappa shape index (κ1) is 16.7. The van der Waals surface area contributed by atoms with Gasteiger partial charge in [-0.2, -0.15) is 13.2 Å². The van der Waals surface area contributed by atoms with Crippen molar-refractivity contribution in [2.75, 3.05) is 12.4 Å². The Hall–Kier alpha value is -2.70. The van der Waals surface area contributed by atoms with Crippen molar-refractivity contribution in [1.82, 2.24) is 0 Å². The molecule has 0 amide bonds. The molecule has 3 N–H and O–H groups in total. The molecule has 2 rings (SSSR count). The number of hydrogen-bond acceptors (Lipinski definition) is 2. The lowest BCUT2D eigenvalue weighted by Crippen LogP contribution is -2.22. The molecule has 0 aliphatic rings. The van der Waals surface area contributed by atoms with Crippen LogP contribution in [0.3, 0.4) is 0 Å². The predicted molar refractivity (Wildman–Crippen MR) is 83.4 cm³/mol. The topological polar surface area (TPSA) is 59.6 Å². The lowest BCUT2D eigenvalue weighted by Gasteiger charge is -2.09. The average Bonchev–Trinajstić information content (AvgIpc) is 2.52. The van der Waals surface area contributed by atoms with Gasteiger partial charge in [0.15, 0.2) is 5.96 Å². The fourth-order valence-electron chi connectivity index (χ4n) is 1.91. The lowest BCUT2D eigenvalue weighted by atomic mass is 10.1. The molecule has 0 spiro atoms. The first-order chi connectivity index (χ1) is 10.9. The molecule has 2 aromatic rings. The molecule has 0 radical (unpaired) electrons. The fourth-order valence-corrected chi connectivity index (χ4v) is 1.91. The third-order valence-corrected chi connectivity index (χ3v) is 3.03. The maximum absolute atomic E-state index is 12.6. The molecule has 2 aromatic carbocycles. The minimum atomic E-state index is -4.37. The molecule has 7 heteroatoms. The van der Waals surface area contributed by atoms with Crippen LogP contribution in [0.1, 0.15) is 11.1 Å². The Bertz CT molecular complexity index is 699. The predicted octanol–water partition coefficient (Wildman–Crippen LogP) is 3.64. The molecule has 0 heterocycles. The fraction of sp³-hybridized carbons (Fsp3) is 0.188. The zero-order valence-electron chi connectivity index (χ0n) is 12.4. The van der Waals surface area contributed by atoms with Crippen LogP contribution in [0.15, 0.2) is 53.5 Å². The van der Waals surface area contributed by atoms with E-state index in [1.165, 1.54) is 6.07 Å². The Morgan fingerprint density at radius 3 is 2.61 bits per heavy atom. The number of nitrogens with one attached hydrogen (secondary N) is 1. The van der Waals surface area contributed by atoms with Crippen LogP contribution in [-0.4, -0.2) is 13.1 Å². The number of benzene rings is 2. The molecule has 0 aliphatic carbocycles. The maximum Gasteiger partial charge on any atom is 0.416 e. The second-order valence-electron chi connectivity index (χ2n) is 4.76. The number of rotatable bonds is 4. The van der Waals surface area contributed by atoms with E-state index in [1.54, 1.807) is 37.4 Å². The molecule has 0 bridgehead atoms. The number of nitrogens with zero attached hydrogens (tertiary/aromatic N) is 1. The van der Waals surface area contributed by atoms with E-state index >= 15 is 0 Å². The molecule has 122 valence electrons. The molecular formula is C16H16F3N3O. The van der Waals surface area contributed by atoms with E-state index in [9.17, 15) is 13.2 Å². The van der Waals surface area contributed by atoms with Crippen molar-refractivity contribution >= 4 is 11.6 Å². The van der Waals surface area contributed by atoms with Gasteiger partial charge < -0.3 is 15.8 Å². The number of methoxy groups -OCH3 is 1. The number of halogens is 3. The highest BCUT2D eigenvalue weighted by Gasteiger charge is 2.30. The molecule has 0 aromatic heterocycles. The van der Waals surface area contributed by atoms with Crippen LogP contribution in [0.2, 0.25) is 0 Å². The monoisotopic (exact) mass is 323 g/mol. The zero-order chi connectivity index (χ0) is 16.9. The Kier molecular flexibility index (Phi) is 5.10. The van der Waals surface area contributed by atoms with Gasteiger partial charge in [0.1, 0.15) is 5.75 Å². The van der Waals surface area contributed by atoms with Gasteiger partial charge in [-0.25, -0.2) is 4.99 Å². The normalized spacial score (nSPS) is 12.1. The highest BCUT2D eigenvalue weighted by atomic mass is 19.4. The first-order valence-corrected chi connectivity index (χ1v) is 6.75. The largest absolute Gasteiger partial charge is 0.497 e. The van der Waals surface area contributed by atoms with Gasteiger partial charge >= 0.3 is 6.18 Å². The van der Waals surface area contributed by atoms with Crippen LogP contribution >= 0.6 is 0 Å². The Morgan fingerprint density at radius 1 is 1.17 bits per heavy atom. The summed E-state index contributed by atoms with van der Waals surface area (Å²) in [4.78, 5) is 4.04. The standard InChI is InChI=1S/C16H16F3N3O/c1-23-14-7-3-6-13(9-14)22-15(20)21-10-11-4-2-5-12(8-11)16(17,18)19/h2-9H,10H2,1H3,(H3,20,21,22).